The summed E-state index contributed by atoms with van der Waals surface area (Å²) < 4.78 is 0. The van der Waals surface area contributed by atoms with Crippen molar-refractivity contribution in [2.45, 2.75) is 6.10 Å². The quantitative estimate of drug-likeness (QED) is 0.685. The Morgan fingerprint density at radius 2 is 2.29 bits per heavy atom. The predicted molar refractivity (Wildman–Crippen MR) is 57.2 cm³/mol. The van der Waals surface area contributed by atoms with Gasteiger partial charge in [-0.3, -0.25) is 0 Å². The highest BCUT2D eigenvalue weighted by molar-refractivity contribution is 5.82. The summed E-state index contributed by atoms with van der Waals surface area (Å²) >= 11 is 0. The normalized spacial score (nSPS) is 13.3. The zero-order chi connectivity index (χ0) is 9.97. The fourth-order valence-corrected chi connectivity index (χ4v) is 1.69. The molecule has 1 atom stereocenters. The van der Waals surface area contributed by atoms with Crippen LogP contribution in [0.2, 0.25) is 0 Å². The average Bonchev–Trinajstić information content (AvgIpc) is 2.65. The number of aromatic amines is 1. The molecule has 3 nitrogen and oxygen atoms in total. The number of H-pyrrole nitrogens is 1. The van der Waals surface area contributed by atoms with Gasteiger partial charge in [0, 0.05) is 18.3 Å². The number of aliphatic hydroxyl groups is 1. The van der Waals surface area contributed by atoms with Crippen molar-refractivity contribution in [3.63, 3.8) is 0 Å². The van der Waals surface area contributed by atoms with Crippen molar-refractivity contribution in [2.75, 3.05) is 13.6 Å². The Balaban J connectivity index is 2.45. The highest BCUT2D eigenvalue weighted by Gasteiger charge is 2.10. The van der Waals surface area contributed by atoms with Gasteiger partial charge in [0.2, 0.25) is 0 Å². The fraction of sp³-hybridized carbons (Fsp3) is 0.273. The molecule has 1 aromatic heterocycles. The zero-order valence-corrected chi connectivity index (χ0v) is 8.12. The number of hydrogen-bond acceptors (Lipinski definition) is 2. The molecular formula is C11H14N2O. The number of rotatable bonds is 3. The van der Waals surface area contributed by atoms with Gasteiger partial charge < -0.3 is 15.4 Å². The number of para-hydroxylation sites is 1. The summed E-state index contributed by atoms with van der Waals surface area (Å²) in [7, 11) is 1.83. The first-order chi connectivity index (χ1) is 6.83. The molecule has 2 rings (SSSR count). The van der Waals surface area contributed by atoms with Gasteiger partial charge in [-0.1, -0.05) is 18.2 Å². The molecule has 74 valence electrons. The molecule has 1 aromatic carbocycles. The van der Waals surface area contributed by atoms with E-state index >= 15 is 0 Å². The summed E-state index contributed by atoms with van der Waals surface area (Å²) in [5.41, 5.74) is 1.97. The van der Waals surface area contributed by atoms with Crippen molar-refractivity contribution < 1.29 is 5.11 Å². The van der Waals surface area contributed by atoms with E-state index in [4.69, 9.17) is 0 Å². The second-order valence-electron chi connectivity index (χ2n) is 3.36. The zero-order valence-electron chi connectivity index (χ0n) is 8.12. The van der Waals surface area contributed by atoms with E-state index in [9.17, 15) is 5.11 Å². The van der Waals surface area contributed by atoms with E-state index in [1.807, 2.05) is 37.5 Å². The molecule has 1 unspecified atom stereocenters. The van der Waals surface area contributed by atoms with Crippen LogP contribution in [0.1, 0.15) is 11.7 Å². The lowest BCUT2D eigenvalue weighted by molar-refractivity contribution is 0.179. The predicted octanol–water partition coefficient (Wildman–Crippen LogP) is 1.42. The van der Waals surface area contributed by atoms with Crippen LogP contribution in [0.4, 0.5) is 0 Å². The highest BCUT2D eigenvalue weighted by Crippen LogP contribution is 2.22. The first-order valence-corrected chi connectivity index (χ1v) is 4.71. The first kappa shape index (κ1) is 9.24. The maximum absolute atomic E-state index is 9.85. The minimum absolute atomic E-state index is 0.456. The van der Waals surface area contributed by atoms with Crippen LogP contribution in [0, 0.1) is 0 Å². The SMILES string of the molecule is CNCC(O)c1cccc2cc[nH]c12. The van der Waals surface area contributed by atoms with Gasteiger partial charge in [-0.25, -0.2) is 0 Å². The summed E-state index contributed by atoms with van der Waals surface area (Å²) in [6.45, 7) is 0.568. The Hall–Kier alpha value is -1.32. The van der Waals surface area contributed by atoms with E-state index in [0.29, 0.717) is 6.54 Å². The van der Waals surface area contributed by atoms with Crippen LogP contribution in [0.3, 0.4) is 0 Å². The number of benzene rings is 1. The molecule has 14 heavy (non-hydrogen) atoms. The number of hydrogen-bond donors (Lipinski definition) is 3. The van der Waals surface area contributed by atoms with Crippen LogP contribution in [0.25, 0.3) is 10.9 Å². The molecule has 3 heteroatoms. The maximum atomic E-state index is 9.85. The van der Waals surface area contributed by atoms with Crippen LogP contribution in [0.15, 0.2) is 30.5 Å². The highest BCUT2D eigenvalue weighted by atomic mass is 16.3. The molecule has 0 aliphatic rings. The second kappa shape index (κ2) is 3.82. The molecule has 0 spiro atoms. The van der Waals surface area contributed by atoms with Crippen molar-refractivity contribution in [3.8, 4) is 0 Å². The lowest BCUT2D eigenvalue weighted by atomic mass is 10.1. The van der Waals surface area contributed by atoms with E-state index in [1.165, 1.54) is 0 Å². The van der Waals surface area contributed by atoms with Gasteiger partial charge >= 0.3 is 0 Å². The third-order valence-corrected chi connectivity index (χ3v) is 2.38. The van der Waals surface area contributed by atoms with E-state index in [2.05, 4.69) is 10.3 Å². The Labute approximate surface area is 82.8 Å². The number of aromatic nitrogens is 1. The minimum Gasteiger partial charge on any atom is -0.387 e. The summed E-state index contributed by atoms with van der Waals surface area (Å²) in [5, 5.41) is 14.0. The van der Waals surface area contributed by atoms with Gasteiger partial charge in [0.15, 0.2) is 0 Å². The lowest BCUT2D eigenvalue weighted by Crippen LogP contribution is -2.16. The number of likely N-dealkylation sites (N-methyl/N-ethyl adjacent to an activating group) is 1. The number of nitrogens with one attached hydrogen (secondary N) is 2. The van der Waals surface area contributed by atoms with Crippen LogP contribution < -0.4 is 5.32 Å². The molecule has 0 aliphatic carbocycles. The topological polar surface area (TPSA) is 48.0 Å². The molecule has 0 fully saturated rings. The number of fused-ring (bicyclic) bond motifs is 1. The van der Waals surface area contributed by atoms with Gasteiger partial charge in [0.1, 0.15) is 0 Å². The largest absolute Gasteiger partial charge is 0.387 e. The van der Waals surface area contributed by atoms with Crippen LogP contribution >= 0.6 is 0 Å². The third-order valence-electron chi connectivity index (χ3n) is 2.38. The Morgan fingerprint density at radius 3 is 3.07 bits per heavy atom. The molecule has 1 heterocycles. The molecule has 0 radical (unpaired) electrons. The third kappa shape index (κ3) is 1.52. The van der Waals surface area contributed by atoms with Gasteiger partial charge in [0.05, 0.1) is 11.6 Å². The Morgan fingerprint density at radius 1 is 1.43 bits per heavy atom. The van der Waals surface area contributed by atoms with Gasteiger partial charge in [-0.05, 0) is 18.5 Å². The summed E-state index contributed by atoms with van der Waals surface area (Å²) in [5.74, 6) is 0. The van der Waals surface area contributed by atoms with Crippen molar-refractivity contribution in [3.05, 3.63) is 36.0 Å². The van der Waals surface area contributed by atoms with Gasteiger partial charge in [0.25, 0.3) is 0 Å². The van der Waals surface area contributed by atoms with Crippen LogP contribution in [0.5, 0.6) is 0 Å². The Bertz CT molecular complexity index is 422. The maximum Gasteiger partial charge on any atom is 0.0934 e. The molecule has 0 saturated carbocycles. The standard InChI is InChI=1S/C11H14N2O/c1-12-7-10(14)9-4-2-3-8-5-6-13-11(8)9/h2-6,10,12-14H,7H2,1H3. The summed E-state index contributed by atoms with van der Waals surface area (Å²) in [6, 6.07) is 7.94. The van der Waals surface area contributed by atoms with Crippen molar-refractivity contribution >= 4 is 10.9 Å². The van der Waals surface area contributed by atoms with E-state index in [1.54, 1.807) is 0 Å². The van der Waals surface area contributed by atoms with Gasteiger partial charge in [-0.15, -0.1) is 0 Å². The molecule has 0 aliphatic heterocycles. The summed E-state index contributed by atoms with van der Waals surface area (Å²) in [4.78, 5) is 3.14. The molecular weight excluding hydrogens is 176 g/mol. The van der Waals surface area contributed by atoms with E-state index < -0.39 is 6.10 Å². The lowest BCUT2D eigenvalue weighted by Gasteiger charge is -2.11. The van der Waals surface area contributed by atoms with Crippen molar-refractivity contribution in [1.29, 1.82) is 0 Å². The monoisotopic (exact) mass is 190 g/mol. The second-order valence-corrected chi connectivity index (χ2v) is 3.36. The number of aliphatic hydroxyl groups excluding tert-OH is 1. The van der Waals surface area contributed by atoms with Crippen LogP contribution in [-0.2, 0) is 0 Å². The molecule has 0 bridgehead atoms. The smallest absolute Gasteiger partial charge is 0.0934 e. The minimum atomic E-state index is -0.456. The van der Waals surface area contributed by atoms with E-state index in [0.717, 1.165) is 16.5 Å². The molecule has 2 aromatic rings. The summed E-state index contributed by atoms with van der Waals surface area (Å²) in [6.07, 6.45) is 1.43. The fourth-order valence-electron chi connectivity index (χ4n) is 1.69. The van der Waals surface area contributed by atoms with Crippen molar-refractivity contribution in [2.24, 2.45) is 0 Å². The van der Waals surface area contributed by atoms with Crippen molar-refractivity contribution in [1.82, 2.24) is 10.3 Å². The Kier molecular flexibility index (Phi) is 2.52. The van der Waals surface area contributed by atoms with E-state index in [-0.39, 0.29) is 0 Å². The molecule has 0 amide bonds. The van der Waals surface area contributed by atoms with Gasteiger partial charge in [-0.2, -0.15) is 0 Å². The van der Waals surface area contributed by atoms with Crippen LogP contribution in [-0.4, -0.2) is 23.7 Å². The first-order valence-electron chi connectivity index (χ1n) is 4.71. The molecule has 3 N–H and O–H groups in total. The molecule has 0 saturated heterocycles. The average molecular weight is 190 g/mol.